The van der Waals surface area contributed by atoms with Crippen LogP contribution in [0.2, 0.25) is 0 Å². The monoisotopic (exact) mass is 252 g/mol. The van der Waals surface area contributed by atoms with Gasteiger partial charge < -0.3 is 4.90 Å². The first kappa shape index (κ1) is 14.7. The number of amides is 1. The van der Waals surface area contributed by atoms with Crippen LogP contribution >= 0.6 is 0 Å². The number of carbonyl (C=O) groups excluding carboxylic acids is 1. The van der Waals surface area contributed by atoms with Gasteiger partial charge in [0.05, 0.1) is 6.54 Å². The fraction of sp³-hybridized carbons (Fsp3) is 0.769. The van der Waals surface area contributed by atoms with E-state index in [2.05, 4.69) is 22.1 Å². The summed E-state index contributed by atoms with van der Waals surface area (Å²) in [6.07, 6.45) is 6.49. The van der Waals surface area contributed by atoms with Gasteiger partial charge in [0.1, 0.15) is 5.82 Å². The molecule has 0 unspecified atom stereocenters. The number of hydrogen-bond donors (Lipinski definition) is 1. The zero-order chi connectivity index (χ0) is 13.4. The van der Waals surface area contributed by atoms with E-state index in [1.807, 2.05) is 6.92 Å². The van der Waals surface area contributed by atoms with Crippen molar-refractivity contribution in [2.75, 3.05) is 7.05 Å². The van der Waals surface area contributed by atoms with Crippen LogP contribution in [0.25, 0.3) is 0 Å². The summed E-state index contributed by atoms with van der Waals surface area (Å²) in [5, 5.41) is 6.81. The smallest absolute Gasteiger partial charge is 0.222 e. The van der Waals surface area contributed by atoms with Crippen LogP contribution in [0.1, 0.15) is 57.1 Å². The summed E-state index contributed by atoms with van der Waals surface area (Å²) in [6.45, 7) is 4.53. The molecule has 0 radical (unpaired) electrons. The standard InChI is InChI=1S/C13H24N4O/c1-4-5-6-7-8-9-13(18)17(3)10-12-14-11(2)15-16-12/h4-10H2,1-3H3,(H,14,15,16). The molecule has 0 aromatic carbocycles. The third-order valence-electron chi connectivity index (χ3n) is 2.94. The minimum Gasteiger partial charge on any atom is -0.338 e. The van der Waals surface area contributed by atoms with Crippen molar-refractivity contribution in [3.05, 3.63) is 11.6 Å². The molecule has 5 nitrogen and oxygen atoms in total. The van der Waals surface area contributed by atoms with Gasteiger partial charge >= 0.3 is 0 Å². The van der Waals surface area contributed by atoms with Crippen molar-refractivity contribution < 1.29 is 4.79 Å². The minimum atomic E-state index is 0.175. The van der Waals surface area contributed by atoms with E-state index >= 15 is 0 Å². The molecule has 5 heteroatoms. The van der Waals surface area contributed by atoms with Gasteiger partial charge in [-0.15, -0.1) is 0 Å². The van der Waals surface area contributed by atoms with Gasteiger partial charge in [0.15, 0.2) is 5.82 Å². The zero-order valence-electron chi connectivity index (χ0n) is 11.7. The van der Waals surface area contributed by atoms with E-state index in [1.54, 1.807) is 11.9 Å². The first-order valence-corrected chi connectivity index (χ1v) is 6.75. The maximum absolute atomic E-state index is 11.8. The Balaban J connectivity index is 2.20. The Bertz CT molecular complexity index is 362. The van der Waals surface area contributed by atoms with Crippen LogP contribution in [0.4, 0.5) is 0 Å². The van der Waals surface area contributed by atoms with Crippen LogP contribution in [0, 0.1) is 6.92 Å². The Morgan fingerprint density at radius 2 is 2.00 bits per heavy atom. The average Bonchev–Trinajstić information content (AvgIpc) is 2.74. The predicted octanol–water partition coefficient (Wildman–Crippen LogP) is 2.43. The third kappa shape index (κ3) is 5.29. The van der Waals surface area contributed by atoms with E-state index in [-0.39, 0.29) is 5.91 Å². The number of nitrogens with one attached hydrogen (secondary N) is 1. The van der Waals surface area contributed by atoms with Gasteiger partial charge in [-0.2, -0.15) is 5.10 Å². The lowest BCUT2D eigenvalue weighted by Crippen LogP contribution is -2.26. The lowest BCUT2D eigenvalue weighted by molar-refractivity contribution is -0.130. The zero-order valence-corrected chi connectivity index (χ0v) is 11.7. The van der Waals surface area contributed by atoms with Crippen LogP contribution < -0.4 is 0 Å². The Morgan fingerprint density at radius 3 is 2.61 bits per heavy atom. The van der Waals surface area contributed by atoms with Crippen molar-refractivity contribution in [2.24, 2.45) is 0 Å². The molecule has 18 heavy (non-hydrogen) atoms. The molecule has 1 aromatic heterocycles. The molecule has 1 N–H and O–H groups in total. The number of carbonyl (C=O) groups is 1. The van der Waals surface area contributed by atoms with Gasteiger partial charge in [-0.3, -0.25) is 9.89 Å². The highest BCUT2D eigenvalue weighted by atomic mass is 16.2. The Kier molecular flexibility index (Phi) is 6.39. The number of nitrogens with zero attached hydrogens (tertiary/aromatic N) is 3. The van der Waals surface area contributed by atoms with E-state index in [1.165, 1.54) is 19.3 Å². The predicted molar refractivity (Wildman–Crippen MR) is 71.0 cm³/mol. The molecule has 0 aliphatic heterocycles. The molecule has 0 aliphatic rings. The van der Waals surface area contributed by atoms with Crippen LogP contribution in [-0.4, -0.2) is 33.0 Å². The van der Waals surface area contributed by atoms with Crippen LogP contribution in [0.3, 0.4) is 0 Å². The molecule has 0 saturated carbocycles. The fourth-order valence-electron chi connectivity index (χ4n) is 1.83. The van der Waals surface area contributed by atoms with Gasteiger partial charge in [-0.1, -0.05) is 32.6 Å². The number of H-pyrrole nitrogens is 1. The molecule has 102 valence electrons. The molecule has 0 bridgehead atoms. The van der Waals surface area contributed by atoms with Gasteiger partial charge in [0.25, 0.3) is 0 Å². The highest BCUT2D eigenvalue weighted by molar-refractivity contribution is 5.75. The number of aromatic nitrogens is 3. The molecule has 0 saturated heterocycles. The van der Waals surface area contributed by atoms with Crippen molar-refractivity contribution >= 4 is 5.91 Å². The van der Waals surface area contributed by atoms with Gasteiger partial charge in [0, 0.05) is 13.5 Å². The number of aryl methyl sites for hydroxylation is 1. The van der Waals surface area contributed by atoms with Gasteiger partial charge in [-0.25, -0.2) is 4.98 Å². The third-order valence-corrected chi connectivity index (χ3v) is 2.94. The normalized spacial score (nSPS) is 10.6. The minimum absolute atomic E-state index is 0.175. The quantitative estimate of drug-likeness (QED) is 0.723. The van der Waals surface area contributed by atoms with Crippen molar-refractivity contribution in [1.82, 2.24) is 20.1 Å². The second kappa shape index (κ2) is 7.84. The number of rotatable bonds is 8. The Labute approximate surface area is 109 Å². The van der Waals surface area contributed by atoms with Crippen LogP contribution in [-0.2, 0) is 11.3 Å². The van der Waals surface area contributed by atoms with Crippen molar-refractivity contribution in [3.63, 3.8) is 0 Å². The highest BCUT2D eigenvalue weighted by Crippen LogP contribution is 2.07. The molecule has 0 atom stereocenters. The van der Waals surface area contributed by atoms with Gasteiger partial charge in [-0.05, 0) is 13.3 Å². The summed E-state index contributed by atoms with van der Waals surface area (Å²) >= 11 is 0. The lowest BCUT2D eigenvalue weighted by Gasteiger charge is -2.14. The van der Waals surface area contributed by atoms with Crippen molar-refractivity contribution in [3.8, 4) is 0 Å². The van der Waals surface area contributed by atoms with E-state index in [9.17, 15) is 4.79 Å². The Morgan fingerprint density at radius 1 is 1.28 bits per heavy atom. The molecule has 1 amide bonds. The molecular formula is C13H24N4O. The summed E-state index contributed by atoms with van der Waals surface area (Å²) in [4.78, 5) is 17.7. The molecule has 1 heterocycles. The second-order valence-corrected chi connectivity index (χ2v) is 4.75. The number of aromatic amines is 1. The number of hydrogen-bond acceptors (Lipinski definition) is 3. The van der Waals surface area contributed by atoms with Crippen molar-refractivity contribution in [1.29, 1.82) is 0 Å². The first-order valence-electron chi connectivity index (χ1n) is 6.75. The maximum atomic E-state index is 11.8. The number of unbranched alkanes of at least 4 members (excludes halogenated alkanes) is 4. The van der Waals surface area contributed by atoms with Gasteiger partial charge in [0.2, 0.25) is 5.91 Å². The summed E-state index contributed by atoms with van der Waals surface area (Å²) in [5.74, 6) is 1.63. The molecular weight excluding hydrogens is 228 g/mol. The van der Waals surface area contributed by atoms with E-state index in [0.29, 0.717) is 18.8 Å². The summed E-state index contributed by atoms with van der Waals surface area (Å²) in [5.41, 5.74) is 0. The molecule has 0 spiro atoms. The Hall–Kier alpha value is -1.39. The van der Waals surface area contributed by atoms with Crippen molar-refractivity contribution in [2.45, 2.75) is 58.9 Å². The van der Waals surface area contributed by atoms with Crippen LogP contribution in [0.15, 0.2) is 0 Å². The molecule has 0 aliphatic carbocycles. The van der Waals surface area contributed by atoms with Crippen LogP contribution in [0.5, 0.6) is 0 Å². The highest BCUT2D eigenvalue weighted by Gasteiger charge is 2.11. The van der Waals surface area contributed by atoms with E-state index < -0.39 is 0 Å². The second-order valence-electron chi connectivity index (χ2n) is 4.75. The largest absolute Gasteiger partial charge is 0.338 e. The molecule has 1 aromatic rings. The average molecular weight is 252 g/mol. The summed E-state index contributed by atoms with van der Waals surface area (Å²) in [6, 6.07) is 0. The lowest BCUT2D eigenvalue weighted by atomic mass is 10.1. The van der Waals surface area contributed by atoms with E-state index in [4.69, 9.17) is 0 Å². The maximum Gasteiger partial charge on any atom is 0.222 e. The fourth-order valence-corrected chi connectivity index (χ4v) is 1.83. The SMILES string of the molecule is CCCCCCCC(=O)N(C)Cc1n[nH]c(C)n1. The topological polar surface area (TPSA) is 61.9 Å². The first-order chi connectivity index (χ1) is 8.63. The van der Waals surface area contributed by atoms with E-state index in [0.717, 1.165) is 18.7 Å². The summed E-state index contributed by atoms with van der Waals surface area (Å²) in [7, 11) is 1.81. The molecule has 0 fully saturated rings. The summed E-state index contributed by atoms with van der Waals surface area (Å²) < 4.78 is 0. The molecule has 1 rings (SSSR count).